The molecule has 37 heavy (non-hydrogen) atoms. The molecule has 6 rings (SSSR count). The summed E-state index contributed by atoms with van der Waals surface area (Å²) in [6.07, 6.45) is 3.78. The van der Waals surface area contributed by atoms with Gasteiger partial charge in [0.15, 0.2) is 5.13 Å². The molecule has 1 saturated heterocycles. The van der Waals surface area contributed by atoms with E-state index < -0.39 is 23.7 Å². The lowest BCUT2D eigenvalue weighted by Crippen LogP contribution is -2.29. The van der Waals surface area contributed by atoms with E-state index in [9.17, 15) is 24.6 Å². The molecule has 0 spiro atoms. The number of fused-ring (bicyclic) bond motifs is 2. The zero-order chi connectivity index (χ0) is 25.8. The summed E-state index contributed by atoms with van der Waals surface area (Å²) >= 11 is 1.09. The molecular formula is C27H19N3O6S. The molecule has 1 fully saturated rings. The number of carbonyl (C=O) groups excluding carboxylic acids is 2. The number of aliphatic hydroxyl groups is 1. The zero-order valence-corrected chi connectivity index (χ0v) is 20.2. The van der Waals surface area contributed by atoms with Gasteiger partial charge in [-0.25, -0.2) is 9.78 Å². The quantitative estimate of drug-likeness (QED) is 0.234. The molecule has 0 bridgehead atoms. The number of nitrogens with zero attached hydrogens (tertiary/aromatic N) is 3. The number of thiazole rings is 1. The molecule has 10 heteroatoms. The van der Waals surface area contributed by atoms with Crippen LogP contribution in [0, 0.1) is 0 Å². The Bertz CT molecular complexity index is 1640. The largest absolute Gasteiger partial charge is 0.507 e. The Morgan fingerprint density at radius 2 is 1.92 bits per heavy atom. The number of aliphatic hydroxyl groups excluding tert-OH is 1. The van der Waals surface area contributed by atoms with E-state index in [2.05, 4.69) is 9.97 Å². The Balaban J connectivity index is 1.51. The van der Waals surface area contributed by atoms with Crippen LogP contribution < -0.4 is 9.64 Å². The standard InChI is InChI=1S/C27H19N3O6S/c1-13-9-17-10-14(5-7-19(17)36-13)23(31)21-22(16-3-2-8-28-12-16)30(25(33)24(21)32)27-29-18-6-4-15(26(34)35)11-20(18)37-27/h2-8,10-13,22,31H,9H2,1H3,(H,34,35)/b23-21+. The van der Waals surface area contributed by atoms with Crippen molar-refractivity contribution in [2.45, 2.75) is 25.5 Å². The van der Waals surface area contributed by atoms with Gasteiger partial charge in [0, 0.05) is 24.4 Å². The number of anilines is 1. The van der Waals surface area contributed by atoms with E-state index >= 15 is 0 Å². The van der Waals surface area contributed by atoms with E-state index in [0.717, 1.165) is 22.6 Å². The second-order valence-electron chi connectivity index (χ2n) is 8.89. The molecule has 2 aliphatic heterocycles. The first-order valence-corrected chi connectivity index (χ1v) is 12.3. The third kappa shape index (κ3) is 3.73. The highest BCUT2D eigenvalue weighted by Crippen LogP contribution is 2.44. The topological polar surface area (TPSA) is 130 Å². The normalized spacial score (nSPS) is 20.3. The Morgan fingerprint density at radius 1 is 1.11 bits per heavy atom. The fraction of sp³-hybridized carbons (Fsp3) is 0.148. The molecule has 2 aromatic heterocycles. The third-order valence-corrected chi connectivity index (χ3v) is 7.46. The van der Waals surface area contributed by atoms with E-state index in [-0.39, 0.29) is 28.1 Å². The van der Waals surface area contributed by atoms with Crippen molar-refractivity contribution in [3.63, 3.8) is 0 Å². The number of benzene rings is 2. The van der Waals surface area contributed by atoms with Gasteiger partial charge in [-0.1, -0.05) is 17.4 Å². The number of carboxylic acids is 1. The van der Waals surface area contributed by atoms with Crippen molar-refractivity contribution in [2.24, 2.45) is 0 Å². The number of pyridine rings is 1. The number of aromatic nitrogens is 2. The molecule has 9 nitrogen and oxygen atoms in total. The number of amides is 1. The monoisotopic (exact) mass is 513 g/mol. The van der Waals surface area contributed by atoms with E-state index in [1.165, 1.54) is 23.2 Å². The summed E-state index contributed by atoms with van der Waals surface area (Å²) in [6, 6.07) is 12.1. The smallest absolute Gasteiger partial charge is 0.335 e. The van der Waals surface area contributed by atoms with Crippen LogP contribution in [0.1, 0.15) is 40.0 Å². The van der Waals surface area contributed by atoms with Gasteiger partial charge in [-0.05, 0) is 60.5 Å². The molecular weight excluding hydrogens is 494 g/mol. The van der Waals surface area contributed by atoms with Crippen molar-refractivity contribution < 1.29 is 29.3 Å². The zero-order valence-electron chi connectivity index (χ0n) is 19.4. The molecule has 2 atom stereocenters. The van der Waals surface area contributed by atoms with Crippen LogP contribution in [0.25, 0.3) is 16.0 Å². The number of carboxylic acid groups (broad SMARTS) is 1. The fourth-order valence-electron chi connectivity index (χ4n) is 4.76. The Morgan fingerprint density at radius 3 is 2.68 bits per heavy atom. The highest BCUT2D eigenvalue weighted by molar-refractivity contribution is 7.22. The molecule has 4 aromatic rings. The van der Waals surface area contributed by atoms with Crippen LogP contribution >= 0.6 is 11.3 Å². The maximum atomic E-state index is 13.4. The summed E-state index contributed by atoms with van der Waals surface area (Å²) in [5, 5.41) is 20.9. The second-order valence-corrected chi connectivity index (χ2v) is 9.90. The van der Waals surface area contributed by atoms with E-state index in [1.54, 1.807) is 42.6 Å². The van der Waals surface area contributed by atoms with Gasteiger partial charge in [-0.2, -0.15) is 0 Å². The van der Waals surface area contributed by atoms with Crippen molar-refractivity contribution >= 4 is 50.1 Å². The minimum atomic E-state index is -1.08. The van der Waals surface area contributed by atoms with Gasteiger partial charge in [-0.15, -0.1) is 0 Å². The first-order chi connectivity index (χ1) is 17.8. The van der Waals surface area contributed by atoms with Gasteiger partial charge in [0.2, 0.25) is 0 Å². The molecule has 1 amide bonds. The van der Waals surface area contributed by atoms with Gasteiger partial charge in [0.25, 0.3) is 5.78 Å². The van der Waals surface area contributed by atoms with Gasteiger partial charge in [0.05, 0.1) is 27.4 Å². The predicted molar refractivity (Wildman–Crippen MR) is 136 cm³/mol. The highest BCUT2D eigenvalue weighted by Gasteiger charge is 2.48. The molecule has 0 radical (unpaired) electrons. The maximum absolute atomic E-state index is 13.4. The summed E-state index contributed by atoms with van der Waals surface area (Å²) in [7, 11) is 0. The van der Waals surface area contributed by atoms with E-state index in [1.807, 2.05) is 6.92 Å². The number of rotatable bonds is 4. The number of hydrogen-bond acceptors (Lipinski definition) is 8. The van der Waals surface area contributed by atoms with Crippen LogP contribution in [0.15, 0.2) is 66.5 Å². The van der Waals surface area contributed by atoms with Crippen LogP contribution in [0.4, 0.5) is 5.13 Å². The van der Waals surface area contributed by atoms with Crippen molar-refractivity contribution in [3.8, 4) is 5.75 Å². The Hall–Kier alpha value is -4.57. The summed E-state index contributed by atoms with van der Waals surface area (Å²) in [4.78, 5) is 48.1. The Labute approximate surface area is 214 Å². The first-order valence-electron chi connectivity index (χ1n) is 11.5. The summed E-state index contributed by atoms with van der Waals surface area (Å²) < 4.78 is 6.29. The van der Waals surface area contributed by atoms with Gasteiger partial charge < -0.3 is 14.9 Å². The minimum absolute atomic E-state index is 0.00838. The Kier molecular flexibility index (Phi) is 5.27. The van der Waals surface area contributed by atoms with Crippen LogP contribution in [-0.4, -0.2) is 43.9 Å². The van der Waals surface area contributed by atoms with E-state index in [0.29, 0.717) is 27.8 Å². The van der Waals surface area contributed by atoms with Gasteiger partial charge in [0.1, 0.15) is 17.6 Å². The molecule has 2 N–H and O–H groups in total. The molecule has 4 heterocycles. The molecule has 0 saturated carbocycles. The number of ketones is 1. The lowest BCUT2D eigenvalue weighted by atomic mass is 9.95. The number of aromatic carboxylic acids is 1. The number of carbonyl (C=O) groups is 3. The molecule has 2 aliphatic rings. The van der Waals surface area contributed by atoms with Crippen molar-refractivity contribution in [3.05, 3.63) is 88.8 Å². The molecule has 0 aliphatic carbocycles. The molecule has 2 aromatic carbocycles. The molecule has 184 valence electrons. The first kappa shape index (κ1) is 22.9. The maximum Gasteiger partial charge on any atom is 0.335 e. The van der Waals surface area contributed by atoms with Crippen molar-refractivity contribution in [2.75, 3.05) is 4.90 Å². The summed E-state index contributed by atoms with van der Waals surface area (Å²) in [5.74, 6) is -2.34. The van der Waals surface area contributed by atoms with Crippen LogP contribution in [-0.2, 0) is 16.0 Å². The second kappa shape index (κ2) is 8.52. The number of Topliss-reactive ketones (excluding diaryl/α,β-unsaturated/α-hetero) is 1. The summed E-state index contributed by atoms with van der Waals surface area (Å²) in [6.45, 7) is 1.95. The van der Waals surface area contributed by atoms with Gasteiger partial charge >= 0.3 is 11.9 Å². The van der Waals surface area contributed by atoms with Crippen molar-refractivity contribution in [1.82, 2.24) is 9.97 Å². The van der Waals surface area contributed by atoms with Gasteiger partial charge in [-0.3, -0.25) is 19.5 Å². The van der Waals surface area contributed by atoms with Crippen LogP contribution in [0.2, 0.25) is 0 Å². The average molecular weight is 514 g/mol. The fourth-order valence-corrected chi connectivity index (χ4v) is 5.79. The van der Waals surface area contributed by atoms with Crippen LogP contribution in [0.5, 0.6) is 5.75 Å². The lowest BCUT2D eigenvalue weighted by Gasteiger charge is -2.22. The predicted octanol–water partition coefficient (Wildman–Crippen LogP) is 4.34. The highest BCUT2D eigenvalue weighted by atomic mass is 32.1. The third-order valence-electron chi connectivity index (χ3n) is 6.44. The van der Waals surface area contributed by atoms with Crippen LogP contribution in [0.3, 0.4) is 0 Å². The van der Waals surface area contributed by atoms with Crippen molar-refractivity contribution in [1.29, 1.82) is 0 Å². The SMILES string of the molecule is CC1Cc2cc(/C(O)=C3\C(=O)C(=O)N(c4nc5ccc(C(=O)O)cc5s4)C3c3cccnc3)ccc2O1. The number of hydrogen-bond donors (Lipinski definition) is 2. The average Bonchev–Trinajstić information content (AvgIpc) is 3.55. The van der Waals surface area contributed by atoms with E-state index in [4.69, 9.17) is 4.74 Å². The minimum Gasteiger partial charge on any atom is -0.507 e. The molecule has 2 unspecified atom stereocenters. The lowest BCUT2D eigenvalue weighted by molar-refractivity contribution is -0.132. The number of ether oxygens (including phenoxy) is 1. The summed E-state index contributed by atoms with van der Waals surface area (Å²) in [5.41, 5.74) is 2.33.